The van der Waals surface area contributed by atoms with Crippen molar-refractivity contribution in [3.05, 3.63) is 86.4 Å². The number of aromatic nitrogens is 2. The summed E-state index contributed by atoms with van der Waals surface area (Å²) in [7, 11) is 1.58. The fourth-order valence-electron chi connectivity index (χ4n) is 3.96. The number of methoxy groups -OCH3 is 1. The summed E-state index contributed by atoms with van der Waals surface area (Å²) in [6, 6.07) is 16.7. The van der Waals surface area contributed by atoms with Gasteiger partial charge in [-0.15, -0.1) is 0 Å². The summed E-state index contributed by atoms with van der Waals surface area (Å²) in [6.45, 7) is 2.54. The van der Waals surface area contributed by atoms with Crippen LogP contribution >= 0.6 is 15.9 Å². The van der Waals surface area contributed by atoms with Gasteiger partial charge in [-0.3, -0.25) is 4.79 Å². The molecular formula is C27H24BrN3O5. The van der Waals surface area contributed by atoms with Crippen LogP contribution in [0.1, 0.15) is 30.3 Å². The minimum Gasteiger partial charge on any atom is -0.493 e. The zero-order valence-corrected chi connectivity index (χ0v) is 21.4. The van der Waals surface area contributed by atoms with E-state index in [-0.39, 0.29) is 19.0 Å². The molecule has 3 aromatic carbocycles. The van der Waals surface area contributed by atoms with E-state index >= 15 is 0 Å². The minimum absolute atomic E-state index is 0.215. The molecule has 184 valence electrons. The van der Waals surface area contributed by atoms with Crippen LogP contribution in [0.2, 0.25) is 0 Å². The van der Waals surface area contributed by atoms with Crippen molar-refractivity contribution in [1.82, 2.24) is 9.66 Å². The third kappa shape index (κ3) is 4.79. The molecule has 1 aliphatic rings. The summed E-state index contributed by atoms with van der Waals surface area (Å²) in [6.07, 6.45) is 3.04. The van der Waals surface area contributed by atoms with Gasteiger partial charge in [-0.05, 0) is 54.4 Å². The monoisotopic (exact) mass is 549 g/mol. The summed E-state index contributed by atoms with van der Waals surface area (Å²) >= 11 is 3.43. The zero-order valence-electron chi connectivity index (χ0n) is 19.9. The molecule has 9 heteroatoms. The van der Waals surface area contributed by atoms with Crippen LogP contribution in [0.4, 0.5) is 0 Å². The van der Waals surface area contributed by atoms with E-state index < -0.39 is 0 Å². The number of aryl methyl sites for hydroxylation is 1. The highest BCUT2D eigenvalue weighted by molar-refractivity contribution is 9.10. The number of hydrogen-bond donors (Lipinski definition) is 0. The van der Waals surface area contributed by atoms with Crippen LogP contribution in [-0.2, 0) is 13.0 Å². The van der Waals surface area contributed by atoms with Gasteiger partial charge in [-0.25, -0.2) is 4.98 Å². The molecule has 0 atom stereocenters. The SMILES string of the molecule is CCCc1nc2ccc(Br)cc2c(=O)n1N=Cc1cccc(OC)c1OCc1ccc2c(c1)OCO2. The number of rotatable bonds is 8. The van der Waals surface area contributed by atoms with Gasteiger partial charge in [-0.1, -0.05) is 35.0 Å². The normalized spacial score (nSPS) is 12.4. The number of halogens is 1. The third-order valence-corrected chi connectivity index (χ3v) is 6.20. The minimum atomic E-state index is -0.230. The highest BCUT2D eigenvalue weighted by Crippen LogP contribution is 2.34. The Hall–Kier alpha value is -3.85. The van der Waals surface area contributed by atoms with Gasteiger partial charge >= 0.3 is 0 Å². The number of nitrogens with zero attached hydrogens (tertiary/aromatic N) is 3. The Kier molecular flexibility index (Phi) is 6.90. The third-order valence-electron chi connectivity index (χ3n) is 5.71. The first-order chi connectivity index (χ1) is 17.6. The summed E-state index contributed by atoms with van der Waals surface area (Å²) in [5, 5.41) is 5.03. The van der Waals surface area contributed by atoms with Crippen molar-refractivity contribution in [3.63, 3.8) is 0 Å². The lowest BCUT2D eigenvalue weighted by atomic mass is 10.2. The molecule has 0 amide bonds. The topological polar surface area (TPSA) is 84.2 Å². The molecular weight excluding hydrogens is 526 g/mol. The lowest BCUT2D eigenvalue weighted by Gasteiger charge is -2.14. The zero-order chi connectivity index (χ0) is 25.1. The summed E-state index contributed by atoms with van der Waals surface area (Å²) < 4.78 is 24.7. The molecule has 1 aliphatic heterocycles. The molecule has 5 rings (SSSR count). The Bertz CT molecular complexity index is 1520. The number of para-hydroxylation sites is 1. The van der Waals surface area contributed by atoms with Gasteiger partial charge in [0.2, 0.25) is 6.79 Å². The Morgan fingerprint density at radius 1 is 1.14 bits per heavy atom. The molecule has 2 heterocycles. The second-order valence-electron chi connectivity index (χ2n) is 8.16. The molecule has 0 aliphatic carbocycles. The standard InChI is InChI=1S/C27H24BrN3O5/c1-3-5-25-30-21-10-9-19(28)13-20(21)27(32)31(25)29-14-18-6-4-7-23(33-2)26(18)34-15-17-8-11-22-24(12-17)36-16-35-22/h4,6-14H,3,5,15-16H2,1-2H3. The first-order valence-corrected chi connectivity index (χ1v) is 12.3. The maximum Gasteiger partial charge on any atom is 0.282 e. The highest BCUT2D eigenvalue weighted by Gasteiger charge is 2.16. The van der Waals surface area contributed by atoms with E-state index in [9.17, 15) is 4.79 Å². The number of ether oxygens (including phenoxy) is 4. The molecule has 36 heavy (non-hydrogen) atoms. The van der Waals surface area contributed by atoms with Gasteiger partial charge in [0.1, 0.15) is 12.4 Å². The molecule has 0 spiro atoms. The lowest BCUT2D eigenvalue weighted by molar-refractivity contribution is 0.174. The largest absolute Gasteiger partial charge is 0.493 e. The molecule has 0 saturated carbocycles. The van der Waals surface area contributed by atoms with Crippen molar-refractivity contribution < 1.29 is 18.9 Å². The molecule has 0 bridgehead atoms. The first kappa shape index (κ1) is 23.9. The molecule has 4 aromatic rings. The van der Waals surface area contributed by atoms with Crippen LogP contribution in [0.15, 0.2) is 69.0 Å². The van der Waals surface area contributed by atoms with Gasteiger partial charge in [-0.2, -0.15) is 9.78 Å². The van der Waals surface area contributed by atoms with Crippen LogP contribution in [0.3, 0.4) is 0 Å². The second kappa shape index (κ2) is 10.4. The average Bonchev–Trinajstić information content (AvgIpc) is 3.36. The fraction of sp³-hybridized carbons (Fsp3) is 0.222. The highest BCUT2D eigenvalue weighted by atomic mass is 79.9. The van der Waals surface area contributed by atoms with E-state index in [0.717, 1.165) is 16.5 Å². The molecule has 0 saturated heterocycles. The van der Waals surface area contributed by atoms with E-state index in [2.05, 4.69) is 21.0 Å². The Labute approximate surface area is 216 Å². The van der Waals surface area contributed by atoms with Crippen LogP contribution in [-0.4, -0.2) is 29.8 Å². The van der Waals surface area contributed by atoms with Crippen molar-refractivity contribution in [2.24, 2.45) is 5.10 Å². The van der Waals surface area contributed by atoms with Crippen molar-refractivity contribution in [2.75, 3.05) is 13.9 Å². The van der Waals surface area contributed by atoms with E-state index in [1.807, 2.05) is 55.5 Å². The molecule has 0 N–H and O–H groups in total. The summed E-state index contributed by atoms with van der Waals surface area (Å²) in [4.78, 5) is 18.0. The van der Waals surface area contributed by atoms with Crippen molar-refractivity contribution in [2.45, 2.75) is 26.4 Å². The van der Waals surface area contributed by atoms with Crippen molar-refractivity contribution in [3.8, 4) is 23.0 Å². The Balaban J connectivity index is 1.50. The lowest BCUT2D eigenvalue weighted by Crippen LogP contribution is -2.22. The van der Waals surface area contributed by atoms with Gasteiger partial charge < -0.3 is 18.9 Å². The average molecular weight is 550 g/mol. The van der Waals surface area contributed by atoms with Gasteiger partial charge in [0.05, 0.1) is 24.2 Å². The van der Waals surface area contributed by atoms with Crippen molar-refractivity contribution in [1.29, 1.82) is 0 Å². The van der Waals surface area contributed by atoms with Crippen LogP contribution < -0.4 is 24.5 Å². The van der Waals surface area contributed by atoms with Gasteiger partial charge in [0.15, 0.2) is 23.0 Å². The van der Waals surface area contributed by atoms with Crippen molar-refractivity contribution >= 4 is 33.0 Å². The quantitative estimate of drug-likeness (QED) is 0.277. The number of benzene rings is 3. The van der Waals surface area contributed by atoms with E-state index in [0.29, 0.717) is 51.7 Å². The fourth-order valence-corrected chi connectivity index (χ4v) is 4.32. The predicted octanol–water partition coefficient (Wildman–Crippen LogP) is 5.31. The molecule has 1 aromatic heterocycles. The smallest absolute Gasteiger partial charge is 0.282 e. The van der Waals surface area contributed by atoms with Crippen LogP contribution in [0.5, 0.6) is 23.0 Å². The van der Waals surface area contributed by atoms with Crippen LogP contribution in [0, 0.1) is 0 Å². The van der Waals surface area contributed by atoms with E-state index in [1.54, 1.807) is 19.4 Å². The van der Waals surface area contributed by atoms with Gasteiger partial charge in [0, 0.05) is 16.5 Å². The predicted molar refractivity (Wildman–Crippen MR) is 141 cm³/mol. The molecule has 0 radical (unpaired) electrons. The Morgan fingerprint density at radius 2 is 2.00 bits per heavy atom. The maximum absolute atomic E-state index is 13.3. The van der Waals surface area contributed by atoms with Gasteiger partial charge in [0.25, 0.3) is 5.56 Å². The number of fused-ring (bicyclic) bond motifs is 2. The number of hydrogen-bond acceptors (Lipinski definition) is 7. The van der Waals surface area contributed by atoms with E-state index in [1.165, 1.54) is 4.68 Å². The molecule has 8 nitrogen and oxygen atoms in total. The second-order valence-corrected chi connectivity index (χ2v) is 9.07. The maximum atomic E-state index is 13.3. The molecule has 0 fully saturated rings. The molecule has 0 unspecified atom stereocenters. The van der Waals surface area contributed by atoms with Crippen LogP contribution in [0.25, 0.3) is 10.9 Å². The Morgan fingerprint density at radius 3 is 2.83 bits per heavy atom. The summed E-state index contributed by atoms with van der Waals surface area (Å²) in [5.41, 5.74) is 2.00. The summed E-state index contributed by atoms with van der Waals surface area (Å²) in [5.74, 6) is 3.08. The van der Waals surface area contributed by atoms with E-state index in [4.69, 9.17) is 23.9 Å². The first-order valence-electron chi connectivity index (χ1n) is 11.5.